The lowest BCUT2D eigenvalue weighted by Crippen LogP contribution is -2.29. The number of nitrogens with zero attached hydrogens (tertiary/aromatic N) is 1. The van der Waals surface area contributed by atoms with Gasteiger partial charge in [-0.3, -0.25) is 0 Å². The first kappa shape index (κ1) is 10.3. The predicted molar refractivity (Wildman–Crippen MR) is 74.1 cm³/mol. The van der Waals surface area contributed by atoms with Gasteiger partial charge in [0, 0.05) is 16.5 Å². The van der Waals surface area contributed by atoms with Crippen LogP contribution in [0.3, 0.4) is 0 Å². The van der Waals surface area contributed by atoms with Crippen molar-refractivity contribution >= 4 is 28.0 Å². The lowest BCUT2D eigenvalue weighted by molar-refractivity contribution is 0.589. The molecule has 0 bridgehead atoms. The third kappa shape index (κ3) is 1.60. The highest BCUT2D eigenvalue weighted by molar-refractivity contribution is 6.14. The molecule has 0 atom stereocenters. The van der Waals surface area contributed by atoms with Crippen LogP contribution in [0.4, 0.5) is 11.4 Å². The Morgan fingerprint density at radius 3 is 2.41 bits per heavy atom. The summed E-state index contributed by atoms with van der Waals surface area (Å²) in [6.45, 7) is 6.52. The molecule has 0 aromatic heterocycles. The molecule has 1 aliphatic heterocycles. The zero-order valence-corrected chi connectivity index (χ0v) is 10.4. The van der Waals surface area contributed by atoms with Crippen molar-refractivity contribution in [3.8, 4) is 0 Å². The summed E-state index contributed by atoms with van der Waals surface area (Å²) in [7, 11) is 0. The summed E-state index contributed by atoms with van der Waals surface area (Å²) in [4.78, 5) is 4.74. The van der Waals surface area contributed by atoms with Crippen molar-refractivity contribution in [2.45, 2.75) is 20.8 Å². The van der Waals surface area contributed by atoms with E-state index in [1.807, 2.05) is 0 Å². The molecule has 0 amide bonds. The molecular weight excluding hydrogens is 208 g/mol. The van der Waals surface area contributed by atoms with Crippen molar-refractivity contribution in [3.63, 3.8) is 0 Å². The molecular formula is C15H16N2. The van der Waals surface area contributed by atoms with Gasteiger partial charge in [-0.05, 0) is 17.5 Å². The number of anilines is 1. The molecule has 0 saturated carbocycles. The van der Waals surface area contributed by atoms with Crippen LogP contribution in [0.1, 0.15) is 20.8 Å². The Balaban J connectivity index is 2.30. The first-order chi connectivity index (χ1) is 8.05. The Hall–Kier alpha value is -1.83. The molecule has 2 aromatic carbocycles. The molecule has 1 heterocycles. The van der Waals surface area contributed by atoms with Gasteiger partial charge < -0.3 is 5.32 Å². The van der Waals surface area contributed by atoms with Gasteiger partial charge in [0.25, 0.3) is 0 Å². The third-order valence-electron chi connectivity index (χ3n) is 3.08. The second-order valence-corrected chi connectivity index (χ2v) is 5.52. The monoisotopic (exact) mass is 224 g/mol. The molecule has 3 rings (SSSR count). The van der Waals surface area contributed by atoms with Crippen LogP contribution in [0.5, 0.6) is 0 Å². The maximum atomic E-state index is 4.74. The van der Waals surface area contributed by atoms with Crippen LogP contribution in [-0.2, 0) is 0 Å². The number of benzene rings is 2. The van der Waals surface area contributed by atoms with E-state index in [-0.39, 0.29) is 5.41 Å². The van der Waals surface area contributed by atoms with Crippen molar-refractivity contribution in [1.82, 2.24) is 0 Å². The van der Waals surface area contributed by atoms with Gasteiger partial charge in [-0.2, -0.15) is 0 Å². The Labute approximate surface area is 101 Å². The number of hydrogen-bond donors (Lipinski definition) is 1. The van der Waals surface area contributed by atoms with Crippen molar-refractivity contribution in [2.75, 3.05) is 5.32 Å². The predicted octanol–water partition coefficient (Wildman–Crippen LogP) is 4.34. The maximum Gasteiger partial charge on any atom is 0.112 e. The lowest BCUT2D eigenvalue weighted by atomic mass is 9.93. The zero-order chi connectivity index (χ0) is 12.0. The van der Waals surface area contributed by atoms with Crippen LogP contribution in [-0.4, -0.2) is 5.84 Å². The standard InChI is InChI=1S/C15H16N2/c1-15(2,3)14-16-11-8-4-6-10-7-5-9-12(17-14)13(10)11/h4-9H,1-3H3,(H,16,17). The number of aliphatic imine (C=N–C) groups is 1. The molecule has 2 aromatic rings. The number of amidine groups is 1. The van der Waals surface area contributed by atoms with Gasteiger partial charge in [0.1, 0.15) is 5.84 Å². The summed E-state index contributed by atoms with van der Waals surface area (Å²) in [5.41, 5.74) is 2.27. The summed E-state index contributed by atoms with van der Waals surface area (Å²) < 4.78 is 0. The van der Waals surface area contributed by atoms with Gasteiger partial charge in [0.2, 0.25) is 0 Å². The molecule has 0 radical (unpaired) electrons. The highest BCUT2D eigenvalue weighted by atomic mass is 15.0. The largest absolute Gasteiger partial charge is 0.343 e. The van der Waals surface area contributed by atoms with E-state index in [1.165, 1.54) is 10.8 Å². The minimum atomic E-state index is 0.0374. The SMILES string of the molecule is CC(C)(C)C1=Nc2cccc3cccc(c23)N1. The first-order valence-electron chi connectivity index (χ1n) is 5.94. The molecule has 0 aliphatic carbocycles. The van der Waals surface area contributed by atoms with Crippen LogP contribution >= 0.6 is 0 Å². The summed E-state index contributed by atoms with van der Waals surface area (Å²) in [6, 6.07) is 12.6. The Kier molecular flexibility index (Phi) is 2.02. The van der Waals surface area contributed by atoms with Gasteiger partial charge in [0.05, 0.1) is 5.69 Å². The Morgan fingerprint density at radius 2 is 1.71 bits per heavy atom. The van der Waals surface area contributed by atoms with Crippen LogP contribution in [0.25, 0.3) is 10.8 Å². The lowest BCUT2D eigenvalue weighted by Gasteiger charge is -2.27. The molecule has 86 valence electrons. The zero-order valence-electron chi connectivity index (χ0n) is 10.4. The molecule has 0 fully saturated rings. The van der Waals surface area contributed by atoms with Crippen LogP contribution < -0.4 is 5.32 Å². The van der Waals surface area contributed by atoms with Gasteiger partial charge in [0.15, 0.2) is 0 Å². The quantitative estimate of drug-likeness (QED) is 0.707. The van der Waals surface area contributed by atoms with Crippen molar-refractivity contribution in [2.24, 2.45) is 10.4 Å². The van der Waals surface area contributed by atoms with Crippen LogP contribution in [0, 0.1) is 5.41 Å². The fourth-order valence-electron chi connectivity index (χ4n) is 2.15. The van der Waals surface area contributed by atoms with E-state index in [9.17, 15) is 0 Å². The van der Waals surface area contributed by atoms with Crippen molar-refractivity contribution < 1.29 is 0 Å². The molecule has 0 spiro atoms. The Bertz CT molecular complexity index is 613. The summed E-state index contributed by atoms with van der Waals surface area (Å²) in [6.07, 6.45) is 0. The topological polar surface area (TPSA) is 24.4 Å². The fourth-order valence-corrected chi connectivity index (χ4v) is 2.15. The first-order valence-corrected chi connectivity index (χ1v) is 5.94. The minimum absolute atomic E-state index is 0.0374. The van der Waals surface area contributed by atoms with E-state index in [1.54, 1.807) is 0 Å². The van der Waals surface area contributed by atoms with Crippen molar-refractivity contribution in [1.29, 1.82) is 0 Å². The average molecular weight is 224 g/mol. The van der Waals surface area contributed by atoms with Crippen LogP contribution in [0.2, 0.25) is 0 Å². The molecule has 1 aliphatic rings. The van der Waals surface area contributed by atoms with Gasteiger partial charge >= 0.3 is 0 Å². The van der Waals surface area contributed by atoms with Gasteiger partial charge in [-0.25, -0.2) is 4.99 Å². The van der Waals surface area contributed by atoms with E-state index in [0.717, 1.165) is 17.2 Å². The van der Waals surface area contributed by atoms with E-state index in [2.05, 4.69) is 62.5 Å². The van der Waals surface area contributed by atoms with E-state index in [0.29, 0.717) is 0 Å². The number of nitrogens with one attached hydrogen (secondary N) is 1. The molecule has 17 heavy (non-hydrogen) atoms. The van der Waals surface area contributed by atoms with Crippen molar-refractivity contribution in [3.05, 3.63) is 36.4 Å². The summed E-state index contributed by atoms with van der Waals surface area (Å²) in [5.74, 6) is 1.03. The van der Waals surface area contributed by atoms with E-state index in [4.69, 9.17) is 4.99 Å². The number of rotatable bonds is 0. The molecule has 1 N–H and O–H groups in total. The second-order valence-electron chi connectivity index (χ2n) is 5.52. The average Bonchev–Trinajstić information content (AvgIpc) is 2.28. The minimum Gasteiger partial charge on any atom is -0.343 e. The third-order valence-corrected chi connectivity index (χ3v) is 3.08. The summed E-state index contributed by atoms with van der Waals surface area (Å²) in [5, 5.41) is 5.92. The van der Waals surface area contributed by atoms with Crippen LogP contribution in [0.15, 0.2) is 41.4 Å². The molecule has 0 saturated heterocycles. The summed E-state index contributed by atoms with van der Waals surface area (Å²) >= 11 is 0. The second kappa shape index (κ2) is 3.33. The highest BCUT2D eigenvalue weighted by Crippen LogP contribution is 2.37. The number of hydrogen-bond acceptors (Lipinski definition) is 2. The molecule has 2 heteroatoms. The van der Waals surface area contributed by atoms with E-state index < -0.39 is 0 Å². The Morgan fingerprint density at radius 1 is 1.00 bits per heavy atom. The molecule has 2 nitrogen and oxygen atoms in total. The maximum absolute atomic E-state index is 4.74. The highest BCUT2D eigenvalue weighted by Gasteiger charge is 2.23. The van der Waals surface area contributed by atoms with Gasteiger partial charge in [-0.1, -0.05) is 45.0 Å². The van der Waals surface area contributed by atoms with E-state index >= 15 is 0 Å². The van der Waals surface area contributed by atoms with Gasteiger partial charge in [-0.15, -0.1) is 0 Å². The smallest absolute Gasteiger partial charge is 0.112 e. The fraction of sp³-hybridized carbons (Fsp3) is 0.267. The normalized spacial score (nSPS) is 14.4. The molecule has 0 unspecified atom stereocenters.